The average molecular weight is 458 g/mol. The Morgan fingerprint density at radius 1 is 1.16 bits per heavy atom. The summed E-state index contributed by atoms with van der Waals surface area (Å²) in [6.07, 6.45) is 1.51. The topological polar surface area (TPSA) is 85.3 Å². The summed E-state index contributed by atoms with van der Waals surface area (Å²) in [6, 6.07) is 10.7. The van der Waals surface area contributed by atoms with Gasteiger partial charge in [0, 0.05) is 29.3 Å². The minimum absolute atomic E-state index is 0.0122. The first-order chi connectivity index (χ1) is 15.4. The number of halogens is 1. The molecule has 0 saturated carbocycles. The van der Waals surface area contributed by atoms with E-state index in [1.54, 1.807) is 42.5 Å². The van der Waals surface area contributed by atoms with E-state index in [1.165, 1.54) is 19.1 Å². The van der Waals surface area contributed by atoms with Crippen molar-refractivity contribution in [2.45, 2.75) is 25.0 Å². The number of ketones is 1. The van der Waals surface area contributed by atoms with Gasteiger partial charge in [0.05, 0.1) is 31.9 Å². The SMILES string of the molecule is COc1ccc(OC)c(C2C(=C(O)c3ccc(Cl)cc3)C(=O)C(=O)N2CC2CCCO2)c1. The molecule has 2 aromatic carbocycles. The number of aliphatic hydroxyl groups is 1. The molecule has 0 bridgehead atoms. The van der Waals surface area contributed by atoms with E-state index in [9.17, 15) is 14.7 Å². The lowest BCUT2D eigenvalue weighted by molar-refractivity contribution is -0.140. The Balaban J connectivity index is 1.89. The maximum atomic E-state index is 13.2. The van der Waals surface area contributed by atoms with Crippen LogP contribution in [0.4, 0.5) is 0 Å². The number of likely N-dealkylation sites (tertiary alicyclic amines) is 1. The van der Waals surface area contributed by atoms with Gasteiger partial charge in [0.15, 0.2) is 0 Å². The highest BCUT2D eigenvalue weighted by molar-refractivity contribution is 6.46. The Kier molecular flexibility index (Phi) is 6.39. The molecule has 168 valence electrons. The maximum absolute atomic E-state index is 13.2. The van der Waals surface area contributed by atoms with Gasteiger partial charge in [0.1, 0.15) is 17.3 Å². The van der Waals surface area contributed by atoms with E-state index >= 15 is 0 Å². The number of hydrogen-bond acceptors (Lipinski definition) is 6. The summed E-state index contributed by atoms with van der Waals surface area (Å²) in [6.45, 7) is 0.847. The Morgan fingerprint density at radius 2 is 1.91 bits per heavy atom. The van der Waals surface area contributed by atoms with Crippen LogP contribution < -0.4 is 9.47 Å². The first kappa shape index (κ1) is 22.2. The molecule has 2 aliphatic heterocycles. The molecular weight excluding hydrogens is 434 g/mol. The van der Waals surface area contributed by atoms with Crippen LogP contribution in [-0.4, -0.2) is 55.2 Å². The molecule has 0 spiro atoms. The van der Waals surface area contributed by atoms with Crippen LogP contribution in [0.3, 0.4) is 0 Å². The monoisotopic (exact) mass is 457 g/mol. The van der Waals surface area contributed by atoms with Crippen LogP contribution >= 0.6 is 11.6 Å². The van der Waals surface area contributed by atoms with Crippen molar-refractivity contribution in [3.8, 4) is 11.5 Å². The maximum Gasteiger partial charge on any atom is 0.295 e. The van der Waals surface area contributed by atoms with Crippen molar-refractivity contribution >= 4 is 29.1 Å². The Labute approximate surface area is 191 Å². The molecule has 2 aromatic rings. The van der Waals surface area contributed by atoms with Gasteiger partial charge in [-0.15, -0.1) is 0 Å². The first-order valence-corrected chi connectivity index (χ1v) is 10.7. The standard InChI is InChI=1S/C24H24ClNO6/c1-30-16-9-10-19(31-2)18(12-16)21-20(22(27)14-5-7-15(25)8-6-14)23(28)24(29)26(21)13-17-4-3-11-32-17/h5-10,12,17,21,27H,3-4,11,13H2,1-2H3. The second-order valence-electron chi connectivity index (χ2n) is 7.70. The van der Waals surface area contributed by atoms with Gasteiger partial charge in [-0.25, -0.2) is 0 Å². The number of aliphatic hydroxyl groups excluding tert-OH is 1. The largest absolute Gasteiger partial charge is 0.507 e. The van der Waals surface area contributed by atoms with Crippen LogP contribution in [0.1, 0.15) is 30.0 Å². The zero-order valence-electron chi connectivity index (χ0n) is 17.8. The third-order valence-electron chi connectivity index (χ3n) is 5.81. The molecule has 2 aliphatic rings. The zero-order valence-corrected chi connectivity index (χ0v) is 18.6. The van der Waals surface area contributed by atoms with Crippen molar-refractivity contribution < 1.29 is 28.9 Å². The van der Waals surface area contributed by atoms with Crippen molar-refractivity contribution in [2.75, 3.05) is 27.4 Å². The smallest absolute Gasteiger partial charge is 0.295 e. The number of carbonyl (C=O) groups is 2. The van der Waals surface area contributed by atoms with E-state index in [0.29, 0.717) is 34.3 Å². The number of amides is 1. The molecule has 1 amide bonds. The number of carbonyl (C=O) groups excluding carboxylic acids is 2. The number of ether oxygens (including phenoxy) is 3. The Morgan fingerprint density at radius 3 is 2.53 bits per heavy atom. The molecule has 1 N–H and O–H groups in total. The normalized spacial score (nSPS) is 22.4. The van der Waals surface area contributed by atoms with Crippen LogP contribution in [0.15, 0.2) is 48.0 Å². The summed E-state index contributed by atoms with van der Waals surface area (Å²) in [7, 11) is 3.04. The van der Waals surface area contributed by atoms with Crippen LogP contribution in [0, 0.1) is 0 Å². The van der Waals surface area contributed by atoms with Crippen LogP contribution in [0.25, 0.3) is 5.76 Å². The molecule has 2 heterocycles. The Hall–Kier alpha value is -3.03. The minimum Gasteiger partial charge on any atom is -0.507 e. The number of hydrogen-bond donors (Lipinski definition) is 1. The predicted molar refractivity (Wildman–Crippen MR) is 119 cm³/mol. The molecule has 0 aromatic heterocycles. The van der Waals surface area contributed by atoms with Gasteiger partial charge in [-0.05, 0) is 55.3 Å². The summed E-state index contributed by atoms with van der Waals surface area (Å²) >= 11 is 5.97. The third kappa shape index (κ3) is 4.06. The zero-order chi connectivity index (χ0) is 22.8. The Bertz CT molecular complexity index is 1060. The lowest BCUT2D eigenvalue weighted by Crippen LogP contribution is -2.36. The van der Waals surface area contributed by atoms with Crippen molar-refractivity contribution in [2.24, 2.45) is 0 Å². The molecule has 0 aliphatic carbocycles. The summed E-state index contributed by atoms with van der Waals surface area (Å²) in [5.74, 6) is -0.715. The highest BCUT2D eigenvalue weighted by Gasteiger charge is 2.48. The van der Waals surface area contributed by atoms with E-state index in [2.05, 4.69) is 0 Å². The van der Waals surface area contributed by atoms with Gasteiger partial charge in [-0.2, -0.15) is 0 Å². The lowest BCUT2D eigenvalue weighted by Gasteiger charge is -2.28. The molecule has 2 unspecified atom stereocenters. The number of benzene rings is 2. The highest BCUT2D eigenvalue weighted by atomic mass is 35.5. The van der Waals surface area contributed by atoms with Crippen molar-refractivity contribution in [3.05, 3.63) is 64.2 Å². The van der Waals surface area contributed by atoms with Gasteiger partial charge in [0.2, 0.25) is 0 Å². The molecule has 2 atom stereocenters. The molecule has 8 heteroatoms. The molecule has 0 radical (unpaired) electrons. The van der Waals surface area contributed by atoms with Crippen molar-refractivity contribution in [1.29, 1.82) is 0 Å². The van der Waals surface area contributed by atoms with Gasteiger partial charge in [-0.3, -0.25) is 9.59 Å². The van der Waals surface area contributed by atoms with E-state index in [-0.39, 0.29) is 24.0 Å². The number of nitrogens with zero attached hydrogens (tertiary/aromatic N) is 1. The summed E-state index contributed by atoms with van der Waals surface area (Å²) in [5, 5.41) is 11.6. The lowest BCUT2D eigenvalue weighted by atomic mass is 9.94. The van der Waals surface area contributed by atoms with Gasteiger partial charge >= 0.3 is 0 Å². The highest BCUT2D eigenvalue weighted by Crippen LogP contribution is 2.44. The average Bonchev–Trinajstić information content (AvgIpc) is 3.41. The van der Waals surface area contributed by atoms with Crippen molar-refractivity contribution in [1.82, 2.24) is 4.90 Å². The summed E-state index contributed by atoms with van der Waals surface area (Å²) in [4.78, 5) is 27.7. The molecule has 32 heavy (non-hydrogen) atoms. The van der Waals surface area contributed by atoms with Gasteiger partial charge < -0.3 is 24.2 Å². The first-order valence-electron chi connectivity index (χ1n) is 10.3. The molecule has 2 fully saturated rings. The van der Waals surface area contributed by atoms with E-state index < -0.39 is 17.7 Å². The fourth-order valence-electron chi connectivity index (χ4n) is 4.22. The fourth-order valence-corrected chi connectivity index (χ4v) is 4.34. The molecule has 4 rings (SSSR count). The third-order valence-corrected chi connectivity index (χ3v) is 6.07. The van der Waals surface area contributed by atoms with Gasteiger partial charge in [-0.1, -0.05) is 11.6 Å². The van der Waals surface area contributed by atoms with E-state index in [4.69, 9.17) is 25.8 Å². The van der Waals surface area contributed by atoms with E-state index in [0.717, 1.165) is 12.8 Å². The predicted octanol–water partition coefficient (Wildman–Crippen LogP) is 3.96. The number of Topliss-reactive ketones (excluding diaryl/α,β-unsaturated/α-hetero) is 1. The van der Waals surface area contributed by atoms with Crippen molar-refractivity contribution in [3.63, 3.8) is 0 Å². The van der Waals surface area contributed by atoms with Gasteiger partial charge in [0.25, 0.3) is 11.7 Å². The van der Waals surface area contributed by atoms with Crippen LogP contribution in [-0.2, 0) is 14.3 Å². The summed E-state index contributed by atoms with van der Waals surface area (Å²) in [5.41, 5.74) is 0.915. The second kappa shape index (κ2) is 9.22. The molecular formula is C24H24ClNO6. The number of rotatable bonds is 6. The molecule has 7 nitrogen and oxygen atoms in total. The molecule has 2 saturated heterocycles. The second-order valence-corrected chi connectivity index (χ2v) is 8.14. The number of methoxy groups -OCH3 is 2. The van der Waals surface area contributed by atoms with Crippen LogP contribution in [0.5, 0.6) is 11.5 Å². The minimum atomic E-state index is -0.861. The van der Waals surface area contributed by atoms with Crippen LogP contribution in [0.2, 0.25) is 5.02 Å². The quantitative estimate of drug-likeness (QED) is 0.401. The van der Waals surface area contributed by atoms with E-state index in [1.807, 2.05) is 0 Å². The summed E-state index contributed by atoms with van der Waals surface area (Å²) < 4.78 is 16.6. The fraction of sp³-hybridized carbons (Fsp3) is 0.333.